The molecular formula is C26H25ClN2O9S. The minimum absolute atomic E-state index is 0.0193. The molecule has 1 saturated heterocycles. The van der Waals surface area contributed by atoms with E-state index in [-0.39, 0.29) is 10.2 Å². The Balaban J connectivity index is 2.30. The maximum absolute atomic E-state index is 12.2. The van der Waals surface area contributed by atoms with Crippen molar-refractivity contribution >= 4 is 47.7 Å². The molecule has 1 aromatic heterocycles. The molecule has 1 fully saturated rings. The SMILES string of the molecule is CC(=O)OC[C@H]1O[C@@H](n2c(-c3ccc(Cl)cc3)ccc(C#N)c2=S)[C@@H](OC(C)=O)[C@@H](OC(C)=O)[C@@H]1OC(C)=O. The van der Waals surface area contributed by atoms with Gasteiger partial charge in [-0.3, -0.25) is 19.2 Å². The second kappa shape index (κ2) is 12.8. The van der Waals surface area contributed by atoms with Gasteiger partial charge in [0.05, 0.1) is 11.3 Å². The van der Waals surface area contributed by atoms with Gasteiger partial charge in [0.2, 0.25) is 0 Å². The smallest absolute Gasteiger partial charge is 0.303 e. The molecule has 13 heteroatoms. The Bertz CT molecular complexity index is 1370. The summed E-state index contributed by atoms with van der Waals surface area (Å²) in [5, 5.41) is 10.2. The number of carbonyl (C=O) groups is 4. The molecule has 0 N–H and O–H groups in total. The quantitative estimate of drug-likeness (QED) is 0.270. The van der Waals surface area contributed by atoms with E-state index in [1.807, 2.05) is 6.07 Å². The zero-order valence-electron chi connectivity index (χ0n) is 21.4. The summed E-state index contributed by atoms with van der Waals surface area (Å²) in [4.78, 5) is 48.1. The van der Waals surface area contributed by atoms with Crippen molar-refractivity contribution in [3.8, 4) is 17.3 Å². The Morgan fingerprint density at radius 3 is 2.00 bits per heavy atom. The molecule has 1 aliphatic heterocycles. The van der Waals surface area contributed by atoms with Crippen molar-refractivity contribution in [3.63, 3.8) is 0 Å². The van der Waals surface area contributed by atoms with Crippen molar-refractivity contribution in [2.24, 2.45) is 0 Å². The fourth-order valence-corrected chi connectivity index (χ4v) is 4.60. The lowest BCUT2D eigenvalue weighted by Crippen LogP contribution is -2.60. The first kappa shape index (κ1) is 29.8. The molecule has 0 radical (unpaired) electrons. The summed E-state index contributed by atoms with van der Waals surface area (Å²) in [7, 11) is 0. The molecule has 0 bridgehead atoms. The Labute approximate surface area is 234 Å². The average Bonchev–Trinajstić information content (AvgIpc) is 2.85. The Morgan fingerprint density at radius 2 is 1.46 bits per heavy atom. The zero-order valence-corrected chi connectivity index (χ0v) is 23.0. The van der Waals surface area contributed by atoms with Crippen LogP contribution in [0.3, 0.4) is 0 Å². The van der Waals surface area contributed by atoms with E-state index < -0.39 is 61.1 Å². The van der Waals surface area contributed by atoms with Crippen LogP contribution in [0.15, 0.2) is 36.4 Å². The first-order valence-corrected chi connectivity index (χ1v) is 12.4. The molecule has 3 rings (SSSR count). The third-order valence-corrected chi connectivity index (χ3v) is 6.27. The molecule has 206 valence electrons. The number of benzene rings is 1. The van der Waals surface area contributed by atoms with Crippen molar-refractivity contribution in [1.29, 1.82) is 5.26 Å². The number of hydrogen-bond donors (Lipinski definition) is 0. The number of aromatic nitrogens is 1. The molecular weight excluding hydrogens is 552 g/mol. The second-order valence-corrected chi connectivity index (χ2v) is 9.34. The average molecular weight is 577 g/mol. The third kappa shape index (κ3) is 7.20. The lowest BCUT2D eigenvalue weighted by atomic mass is 9.96. The predicted octanol–water partition coefficient (Wildman–Crippen LogP) is 3.67. The molecule has 0 amide bonds. The van der Waals surface area contributed by atoms with Crippen LogP contribution in [0.1, 0.15) is 39.5 Å². The monoisotopic (exact) mass is 576 g/mol. The molecule has 0 unspecified atom stereocenters. The van der Waals surface area contributed by atoms with Gasteiger partial charge in [0.1, 0.15) is 23.4 Å². The van der Waals surface area contributed by atoms with Crippen LogP contribution in [0.2, 0.25) is 5.02 Å². The van der Waals surface area contributed by atoms with Crippen LogP contribution < -0.4 is 0 Å². The van der Waals surface area contributed by atoms with Crippen LogP contribution in [-0.2, 0) is 42.9 Å². The van der Waals surface area contributed by atoms with Crippen LogP contribution in [-0.4, -0.2) is 59.5 Å². The minimum Gasteiger partial charge on any atom is -0.463 e. The summed E-state index contributed by atoms with van der Waals surface area (Å²) < 4.78 is 29.4. The molecule has 1 aromatic carbocycles. The van der Waals surface area contributed by atoms with Gasteiger partial charge >= 0.3 is 23.9 Å². The van der Waals surface area contributed by atoms with Gasteiger partial charge in [-0.1, -0.05) is 36.0 Å². The van der Waals surface area contributed by atoms with Gasteiger partial charge in [0.25, 0.3) is 0 Å². The molecule has 39 heavy (non-hydrogen) atoms. The van der Waals surface area contributed by atoms with E-state index in [4.69, 9.17) is 47.5 Å². The minimum atomic E-state index is -1.41. The maximum atomic E-state index is 12.2. The largest absolute Gasteiger partial charge is 0.463 e. The summed E-state index contributed by atoms with van der Waals surface area (Å²) in [6.45, 7) is 4.17. The normalized spacial score (nSPS) is 22.2. The van der Waals surface area contributed by atoms with Gasteiger partial charge in [-0.15, -0.1) is 0 Å². The maximum Gasteiger partial charge on any atom is 0.303 e. The van der Waals surface area contributed by atoms with Crippen LogP contribution in [0.4, 0.5) is 0 Å². The number of nitriles is 1. The molecule has 0 saturated carbocycles. The van der Waals surface area contributed by atoms with E-state index in [0.717, 1.165) is 20.8 Å². The fourth-order valence-electron chi connectivity index (χ4n) is 4.16. The molecule has 0 aliphatic carbocycles. The van der Waals surface area contributed by atoms with Crippen LogP contribution in [0, 0.1) is 16.0 Å². The fraction of sp³-hybridized carbons (Fsp3) is 0.385. The molecule has 5 atom stereocenters. The lowest BCUT2D eigenvalue weighted by Gasteiger charge is -2.45. The Kier molecular flexibility index (Phi) is 9.80. The van der Waals surface area contributed by atoms with E-state index in [1.165, 1.54) is 17.6 Å². The van der Waals surface area contributed by atoms with Crippen molar-refractivity contribution in [1.82, 2.24) is 4.57 Å². The number of ether oxygens (including phenoxy) is 5. The Morgan fingerprint density at radius 1 is 0.897 bits per heavy atom. The van der Waals surface area contributed by atoms with Gasteiger partial charge < -0.3 is 28.3 Å². The van der Waals surface area contributed by atoms with Gasteiger partial charge in [-0.05, 0) is 29.8 Å². The number of esters is 4. The molecule has 0 spiro atoms. The number of hydrogen-bond acceptors (Lipinski definition) is 11. The van der Waals surface area contributed by atoms with E-state index >= 15 is 0 Å². The van der Waals surface area contributed by atoms with Crippen molar-refractivity contribution in [3.05, 3.63) is 51.6 Å². The molecule has 11 nitrogen and oxygen atoms in total. The van der Waals surface area contributed by atoms with Crippen LogP contribution in [0.5, 0.6) is 0 Å². The summed E-state index contributed by atoms with van der Waals surface area (Å²) >= 11 is 11.7. The van der Waals surface area contributed by atoms with E-state index in [0.29, 0.717) is 16.3 Å². The highest BCUT2D eigenvalue weighted by molar-refractivity contribution is 7.71. The molecule has 2 heterocycles. The lowest BCUT2D eigenvalue weighted by molar-refractivity contribution is -0.268. The van der Waals surface area contributed by atoms with Gasteiger partial charge in [-0.25, -0.2) is 0 Å². The van der Waals surface area contributed by atoms with Gasteiger partial charge in [0.15, 0.2) is 24.5 Å². The number of nitrogens with zero attached hydrogens (tertiary/aromatic N) is 2. The van der Waals surface area contributed by atoms with Crippen molar-refractivity contribution < 1.29 is 42.9 Å². The Hall–Kier alpha value is -3.79. The highest BCUT2D eigenvalue weighted by atomic mass is 35.5. The van der Waals surface area contributed by atoms with Crippen molar-refractivity contribution in [2.75, 3.05) is 6.61 Å². The number of halogens is 1. The summed E-state index contributed by atoms with van der Waals surface area (Å²) in [5.74, 6) is -2.93. The number of pyridine rings is 1. The predicted molar refractivity (Wildman–Crippen MR) is 138 cm³/mol. The summed E-state index contributed by atoms with van der Waals surface area (Å²) in [5.41, 5.74) is 1.16. The zero-order chi connectivity index (χ0) is 28.9. The van der Waals surface area contributed by atoms with E-state index in [9.17, 15) is 24.4 Å². The highest BCUT2D eigenvalue weighted by Gasteiger charge is 2.53. The van der Waals surface area contributed by atoms with Crippen LogP contribution >= 0.6 is 23.8 Å². The first-order valence-electron chi connectivity index (χ1n) is 11.6. The molecule has 2 aromatic rings. The first-order chi connectivity index (χ1) is 18.4. The highest BCUT2D eigenvalue weighted by Crippen LogP contribution is 2.38. The van der Waals surface area contributed by atoms with E-state index in [1.54, 1.807) is 30.3 Å². The van der Waals surface area contributed by atoms with Gasteiger partial charge in [0, 0.05) is 32.7 Å². The second-order valence-electron chi connectivity index (χ2n) is 8.52. The standard InChI is InChI=1S/C26H25ClN2O9S/c1-13(30)34-12-21-22(35-14(2)31)23(36-15(3)32)24(37-16(4)33)25(38-21)29-20(10-7-18(11-28)26(29)39)17-5-8-19(27)9-6-17/h5-10,21-25H,12H2,1-4H3/t21-,22-,23+,24+,25-/m1/s1. The number of rotatable bonds is 7. The van der Waals surface area contributed by atoms with E-state index in [2.05, 4.69) is 0 Å². The van der Waals surface area contributed by atoms with Gasteiger partial charge in [-0.2, -0.15) is 5.26 Å². The van der Waals surface area contributed by atoms with Crippen molar-refractivity contribution in [2.45, 2.75) is 58.3 Å². The van der Waals surface area contributed by atoms with Crippen LogP contribution in [0.25, 0.3) is 11.3 Å². The summed E-state index contributed by atoms with van der Waals surface area (Å²) in [6.07, 6.45) is -6.66. The molecule has 1 aliphatic rings. The summed E-state index contributed by atoms with van der Waals surface area (Å²) in [6, 6.07) is 11.9. The number of carbonyl (C=O) groups excluding carboxylic acids is 4. The topological polar surface area (TPSA) is 143 Å². The third-order valence-electron chi connectivity index (χ3n) is 5.60.